The molecule has 6 nitrogen and oxygen atoms in total. The number of nitrogens with one attached hydrogen (secondary N) is 1. The van der Waals surface area contributed by atoms with Gasteiger partial charge in [-0.25, -0.2) is 4.98 Å². The fourth-order valence-corrected chi connectivity index (χ4v) is 1.63. The van der Waals surface area contributed by atoms with Crippen LogP contribution >= 0.6 is 11.6 Å². The zero-order valence-corrected chi connectivity index (χ0v) is 10.7. The van der Waals surface area contributed by atoms with Crippen molar-refractivity contribution < 1.29 is 14.6 Å². The van der Waals surface area contributed by atoms with Crippen LogP contribution < -0.4 is 10.1 Å². The highest BCUT2D eigenvalue weighted by Gasteiger charge is 2.20. The van der Waals surface area contributed by atoms with Gasteiger partial charge in [0, 0.05) is 5.69 Å². The summed E-state index contributed by atoms with van der Waals surface area (Å²) in [6, 6.07) is 8.80. The Hall–Kier alpha value is -2.34. The molecule has 2 rings (SSSR count). The fourth-order valence-electron chi connectivity index (χ4n) is 1.47. The summed E-state index contributed by atoms with van der Waals surface area (Å²) in [7, 11) is 1.30. The largest absolute Gasteiger partial charge is 0.491 e. The number of methoxy groups -OCH3 is 1. The molecule has 0 bridgehead atoms. The Labute approximate surface area is 114 Å². The zero-order valence-electron chi connectivity index (χ0n) is 9.92. The SMILES string of the molecule is COc1c(O)nc(Cl)nc1C(=O)Nc1ccccc1. The van der Waals surface area contributed by atoms with E-state index in [1.807, 2.05) is 6.07 Å². The Balaban J connectivity index is 2.33. The van der Waals surface area contributed by atoms with Crippen molar-refractivity contribution in [2.24, 2.45) is 0 Å². The van der Waals surface area contributed by atoms with Crippen molar-refractivity contribution in [1.29, 1.82) is 0 Å². The number of halogens is 1. The van der Waals surface area contributed by atoms with Crippen LogP contribution in [0.5, 0.6) is 11.6 Å². The number of carbonyl (C=O) groups excluding carboxylic acids is 1. The van der Waals surface area contributed by atoms with Crippen LogP contribution in [0.1, 0.15) is 10.5 Å². The summed E-state index contributed by atoms with van der Waals surface area (Å²) >= 11 is 5.61. The number of aromatic hydroxyl groups is 1. The van der Waals surface area contributed by atoms with E-state index in [9.17, 15) is 9.90 Å². The highest BCUT2D eigenvalue weighted by molar-refractivity contribution is 6.28. The van der Waals surface area contributed by atoms with Crippen LogP contribution in [-0.2, 0) is 0 Å². The Morgan fingerprint density at radius 2 is 2.00 bits per heavy atom. The first-order valence-electron chi connectivity index (χ1n) is 5.28. The van der Waals surface area contributed by atoms with E-state index in [-0.39, 0.29) is 16.7 Å². The normalized spacial score (nSPS) is 10.0. The van der Waals surface area contributed by atoms with Gasteiger partial charge in [0.1, 0.15) is 0 Å². The van der Waals surface area contributed by atoms with Crippen molar-refractivity contribution in [1.82, 2.24) is 9.97 Å². The first-order valence-corrected chi connectivity index (χ1v) is 5.66. The first-order chi connectivity index (χ1) is 9.11. The molecule has 1 amide bonds. The summed E-state index contributed by atoms with van der Waals surface area (Å²) in [5, 5.41) is 11.9. The van der Waals surface area contributed by atoms with E-state index in [4.69, 9.17) is 16.3 Å². The molecule has 0 unspecified atom stereocenters. The van der Waals surface area contributed by atoms with Crippen LogP contribution in [0.2, 0.25) is 5.28 Å². The molecule has 0 atom stereocenters. The molecule has 0 aliphatic carbocycles. The second-order valence-electron chi connectivity index (χ2n) is 3.52. The standard InChI is InChI=1S/C12H10ClN3O3/c1-19-9-8(15-12(13)16-11(9)18)10(17)14-7-5-3-2-4-6-7/h2-6H,1H3,(H,14,17)(H,15,16,18). The molecule has 19 heavy (non-hydrogen) atoms. The topological polar surface area (TPSA) is 84.3 Å². The molecule has 0 spiro atoms. The maximum absolute atomic E-state index is 12.0. The van der Waals surface area contributed by atoms with Gasteiger partial charge in [0.05, 0.1) is 7.11 Å². The number of ether oxygens (including phenoxy) is 1. The van der Waals surface area contributed by atoms with Gasteiger partial charge < -0.3 is 15.2 Å². The van der Waals surface area contributed by atoms with Crippen LogP contribution in [0.15, 0.2) is 30.3 Å². The minimum absolute atomic E-state index is 0.127. The Kier molecular flexibility index (Phi) is 3.82. The predicted octanol–water partition coefficient (Wildman–Crippen LogP) is 2.10. The van der Waals surface area contributed by atoms with Gasteiger partial charge in [-0.15, -0.1) is 0 Å². The number of benzene rings is 1. The van der Waals surface area contributed by atoms with E-state index in [2.05, 4.69) is 15.3 Å². The molecule has 1 aromatic heterocycles. The van der Waals surface area contributed by atoms with Gasteiger partial charge in [-0.05, 0) is 23.7 Å². The number of nitrogens with zero attached hydrogens (tertiary/aromatic N) is 2. The average molecular weight is 280 g/mol. The lowest BCUT2D eigenvalue weighted by Crippen LogP contribution is -2.15. The number of carbonyl (C=O) groups is 1. The number of aromatic nitrogens is 2. The second-order valence-corrected chi connectivity index (χ2v) is 3.86. The van der Waals surface area contributed by atoms with Crippen molar-refractivity contribution in [2.45, 2.75) is 0 Å². The molecule has 7 heteroatoms. The van der Waals surface area contributed by atoms with E-state index < -0.39 is 11.8 Å². The average Bonchev–Trinajstić information content (AvgIpc) is 2.39. The van der Waals surface area contributed by atoms with E-state index in [0.29, 0.717) is 5.69 Å². The summed E-state index contributed by atoms with van der Waals surface area (Å²) in [5.41, 5.74) is 0.452. The van der Waals surface area contributed by atoms with Gasteiger partial charge in [0.2, 0.25) is 11.0 Å². The van der Waals surface area contributed by atoms with Crippen LogP contribution in [0.25, 0.3) is 0 Å². The van der Waals surface area contributed by atoms with Crippen LogP contribution in [0.3, 0.4) is 0 Å². The maximum atomic E-state index is 12.0. The molecule has 1 heterocycles. The lowest BCUT2D eigenvalue weighted by atomic mass is 10.3. The number of rotatable bonds is 3. The van der Waals surface area contributed by atoms with Gasteiger partial charge in [-0.1, -0.05) is 18.2 Å². The number of hydrogen-bond acceptors (Lipinski definition) is 5. The van der Waals surface area contributed by atoms with Gasteiger partial charge in [0.25, 0.3) is 11.8 Å². The van der Waals surface area contributed by atoms with E-state index in [1.54, 1.807) is 24.3 Å². The first kappa shape index (κ1) is 13.1. The predicted molar refractivity (Wildman–Crippen MR) is 69.7 cm³/mol. The summed E-state index contributed by atoms with van der Waals surface area (Å²) in [6.45, 7) is 0. The van der Waals surface area contributed by atoms with Crippen LogP contribution in [-0.4, -0.2) is 28.1 Å². The number of anilines is 1. The highest BCUT2D eigenvalue weighted by Crippen LogP contribution is 2.28. The third kappa shape index (κ3) is 2.92. The molecule has 2 aromatic rings. The van der Waals surface area contributed by atoms with E-state index >= 15 is 0 Å². The lowest BCUT2D eigenvalue weighted by molar-refractivity contribution is 0.101. The summed E-state index contributed by atoms with van der Waals surface area (Å²) in [4.78, 5) is 19.3. The monoisotopic (exact) mass is 279 g/mol. The van der Waals surface area contributed by atoms with E-state index in [1.165, 1.54) is 7.11 Å². The number of amides is 1. The lowest BCUT2D eigenvalue weighted by Gasteiger charge is -2.09. The Morgan fingerprint density at radius 1 is 1.32 bits per heavy atom. The molecule has 1 aromatic carbocycles. The number of hydrogen-bond donors (Lipinski definition) is 2. The smallest absolute Gasteiger partial charge is 0.278 e. The Morgan fingerprint density at radius 3 is 2.63 bits per heavy atom. The third-order valence-corrected chi connectivity index (χ3v) is 2.44. The molecule has 0 saturated heterocycles. The number of para-hydroxylation sites is 1. The quantitative estimate of drug-likeness (QED) is 0.841. The van der Waals surface area contributed by atoms with Gasteiger partial charge in [-0.3, -0.25) is 4.79 Å². The second kappa shape index (κ2) is 5.53. The summed E-state index contributed by atoms with van der Waals surface area (Å²) < 4.78 is 4.90. The van der Waals surface area contributed by atoms with Crippen molar-refractivity contribution in [2.75, 3.05) is 12.4 Å². The van der Waals surface area contributed by atoms with Crippen LogP contribution in [0.4, 0.5) is 5.69 Å². The fraction of sp³-hybridized carbons (Fsp3) is 0.0833. The highest BCUT2D eigenvalue weighted by atomic mass is 35.5. The molecule has 2 N–H and O–H groups in total. The minimum atomic E-state index is -0.553. The van der Waals surface area contributed by atoms with Crippen LogP contribution in [0, 0.1) is 0 Å². The van der Waals surface area contributed by atoms with Crippen molar-refractivity contribution in [3.05, 3.63) is 41.3 Å². The van der Waals surface area contributed by atoms with Gasteiger partial charge in [0.15, 0.2) is 5.69 Å². The third-order valence-electron chi connectivity index (χ3n) is 2.27. The molecule has 98 valence electrons. The maximum Gasteiger partial charge on any atom is 0.278 e. The van der Waals surface area contributed by atoms with Crippen molar-refractivity contribution in [3.8, 4) is 11.6 Å². The minimum Gasteiger partial charge on any atom is -0.491 e. The van der Waals surface area contributed by atoms with Crippen molar-refractivity contribution >= 4 is 23.2 Å². The van der Waals surface area contributed by atoms with Crippen molar-refractivity contribution in [3.63, 3.8) is 0 Å². The van der Waals surface area contributed by atoms with Gasteiger partial charge in [-0.2, -0.15) is 4.98 Å². The molecule has 0 fully saturated rings. The summed E-state index contributed by atoms with van der Waals surface area (Å²) in [5.74, 6) is -1.17. The zero-order chi connectivity index (χ0) is 13.8. The Bertz CT molecular complexity index is 605. The molecule has 0 aliphatic heterocycles. The molecule has 0 radical (unpaired) electrons. The molecule has 0 aliphatic rings. The van der Waals surface area contributed by atoms with Gasteiger partial charge >= 0.3 is 0 Å². The molecular formula is C12H10ClN3O3. The summed E-state index contributed by atoms with van der Waals surface area (Å²) in [6.07, 6.45) is 0. The van der Waals surface area contributed by atoms with E-state index in [0.717, 1.165) is 0 Å². The molecular weight excluding hydrogens is 270 g/mol. The molecule has 0 saturated carbocycles.